The van der Waals surface area contributed by atoms with Crippen molar-refractivity contribution in [3.8, 4) is 55.1 Å². The molecule has 0 fully saturated rings. The average Bonchev–Trinajstić information content (AvgIpc) is 3.95. The predicted molar refractivity (Wildman–Crippen MR) is 266 cm³/mol. The van der Waals surface area contributed by atoms with Gasteiger partial charge in [-0.3, -0.25) is 0 Å². The first-order valence-corrected chi connectivity index (χ1v) is 22.1. The molecule has 0 saturated carbocycles. The topological polar surface area (TPSA) is 29.3 Å². The van der Waals surface area contributed by atoms with Crippen LogP contribution in [0.2, 0.25) is 0 Å². The fourth-order valence-corrected chi connectivity index (χ4v) is 10.1. The number of thiazole rings is 1. The molecule has 0 amide bonds. The molecule has 10 aromatic carbocycles. The van der Waals surface area contributed by atoms with E-state index in [0.29, 0.717) is 0 Å². The van der Waals surface area contributed by atoms with Gasteiger partial charge in [-0.25, -0.2) is 4.98 Å². The zero-order valence-corrected chi connectivity index (χ0v) is 35.0. The van der Waals surface area contributed by atoms with E-state index in [4.69, 9.17) is 9.40 Å². The standard InChI is InChI=1S/C59H38N2OS/c1-4-15-39(16-5-1)44-23-12-24-46(35-44)61(47-33-34-51(52(36-47)41-17-6-2-7-18-41)50-27-13-22-40-19-10-11-25-48(40)50)45-31-29-42(30-32-45)49-26-14-28-55-58(49)53-37-57-54(38-56(53)62-55)60-59(63-57)43-20-8-3-9-21-43/h1-38H. The third-order valence-corrected chi connectivity index (χ3v) is 13.2. The number of rotatable bonds is 8. The van der Waals surface area contributed by atoms with Crippen LogP contribution in [0.3, 0.4) is 0 Å². The van der Waals surface area contributed by atoms with Gasteiger partial charge in [0.1, 0.15) is 16.2 Å². The number of fused-ring (bicyclic) bond motifs is 5. The first kappa shape index (κ1) is 36.8. The maximum Gasteiger partial charge on any atom is 0.137 e. The van der Waals surface area contributed by atoms with Crippen LogP contribution in [0.5, 0.6) is 0 Å². The minimum absolute atomic E-state index is 0.845. The fourth-order valence-electron chi connectivity index (χ4n) is 9.11. The number of aromatic nitrogens is 1. The molecule has 0 bridgehead atoms. The molecule has 0 aliphatic heterocycles. The molecule has 12 aromatic rings. The third-order valence-electron chi connectivity index (χ3n) is 12.1. The van der Waals surface area contributed by atoms with Gasteiger partial charge in [0.15, 0.2) is 0 Å². The van der Waals surface area contributed by atoms with Crippen LogP contribution in [0.4, 0.5) is 17.1 Å². The van der Waals surface area contributed by atoms with Crippen LogP contribution in [0.15, 0.2) is 235 Å². The quantitative estimate of drug-likeness (QED) is 0.153. The van der Waals surface area contributed by atoms with Gasteiger partial charge in [0.2, 0.25) is 0 Å². The number of benzene rings is 10. The molecule has 0 aliphatic rings. The zero-order valence-electron chi connectivity index (χ0n) is 34.2. The van der Waals surface area contributed by atoms with Gasteiger partial charge in [0.05, 0.1) is 10.2 Å². The van der Waals surface area contributed by atoms with Crippen LogP contribution in [0.1, 0.15) is 0 Å². The Labute approximate surface area is 369 Å². The van der Waals surface area contributed by atoms with E-state index in [1.54, 1.807) is 11.3 Å². The SMILES string of the molecule is c1ccc(-c2cccc(N(c3ccc(-c4cccc5oc6cc7nc(-c8ccccc8)sc7cc6c45)cc3)c3ccc(-c4cccc5ccccc45)c(-c4ccccc4)c3)c2)cc1. The molecule has 0 radical (unpaired) electrons. The first-order chi connectivity index (χ1) is 31.2. The van der Waals surface area contributed by atoms with Gasteiger partial charge in [0.25, 0.3) is 0 Å². The van der Waals surface area contributed by atoms with Crippen molar-refractivity contribution in [2.24, 2.45) is 0 Å². The minimum Gasteiger partial charge on any atom is -0.456 e. The summed E-state index contributed by atoms with van der Waals surface area (Å²) in [4.78, 5) is 7.37. The van der Waals surface area contributed by atoms with E-state index >= 15 is 0 Å². The van der Waals surface area contributed by atoms with Crippen LogP contribution in [0.25, 0.3) is 98.0 Å². The average molecular weight is 823 g/mol. The monoisotopic (exact) mass is 822 g/mol. The van der Waals surface area contributed by atoms with Crippen LogP contribution < -0.4 is 4.90 Å². The molecular formula is C59H38N2OS. The van der Waals surface area contributed by atoms with Crippen molar-refractivity contribution < 1.29 is 4.42 Å². The van der Waals surface area contributed by atoms with Crippen LogP contribution in [-0.2, 0) is 0 Å². The lowest BCUT2D eigenvalue weighted by atomic mass is 9.90. The molecule has 12 rings (SSSR count). The Bertz CT molecular complexity index is 3610. The molecule has 4 heteroatoms. The number of nitrogens with zero attached hydrogens (tertiary/aromatic N) is 2. The van der Waals surface area contributed by atoms with Gasteiger partial charge in [-0.1, -0.05) is 176 Å². The Morgan fingerprint density at radius 3 is 1.79 bits per heavy atom. The fraction of sp³-hybridized carbons (Fsp3) is 0. The maximum atomic E-state index is 6.53. The zero-order chi connectivity index (χ0) is 41.7. The Hall–Kier alpha value is -8.05. The van der Waals surface area contributed by atoms with Crippen molar-refractivity contribution in [3.05, 3.63) is 231 Å². The molecule has 0 saturated heterocycles. The summed E-state index contributed by atoms with van der Waals surface area (Å²) in [6, 6.07) is 82.5. The molecule has 0 aliphatic carbocycles. The lowest BCUT2D eigenvalue weighted by Crippen LogP contribution is -2.10. The lowest BCUT2D eigenvalue weighted by molar-refractivity contribution is 0.669. The summed E-state index contributed by atoms with van der Waals surface area (Å²) < 4.78 is 7.67. The second-order valence-electron chi connectivity index (χ2n) is 15.9. The summed E-state index contributed by atoms with van der Waals surface area (Å²) in [5.41, 5.74) is 16.3. The smallest absolute Gasteiger partial charge is 0.137 e. The van der Waals surface area contributed by atoms with Gasteiger partial charge < -0.3 is 9.32 Å². The molecule has 63 heavy (non-hydrogen) atoms. The highest BCUT2D eigenvalue weighted by Crippen LogP contribution is 2.45. The Balaban J connectivity index is 1.00. The second kappa shape index (κ2) is 15.4. The van der Waals surface area contributed by atoms with Crippen LogP contribution in [-0.4, -0.2) is 4.98 Å². The van der Waals surface area contributed by atoms with E-state index in [1.165, 1.54) is 38.6 Å². The summed E-state index contributed by atoms with van der Waals surface area (Å²) in [7, 11) is 0. The third kappa shape index (κ3) is 6.65. The van der Waals surface area contributed by atoms with Crippen molar-refractivity contribution >= 4 is 71.3 Å². The largest absolute Gasteiger partial charge is 0.456 e. The lowest BCUT2D eigenvalue weighted by Gasteiger charge is -2.27. The highest BCUT2D eigenvalue weighted by Gasteiger charge is 2.20. The summed E-state index contributed by atoms with van der Waals surface area (Å²) in [5, 5.41) is 5.68. The molecule has 2 heterocycles. The van der Waals surface area contributed by atoms with Gasteiger partial charge in [0, 0.05) is 39.5 Å². The van der Waals surface area contributed by atoms with Gasteiger partial charge in [-0.15, -0.1) is 11.3 Å². The van der Waals surface area contributed by atoms with E-state index in [0.717, 1.165) is 76.5 Å². The van der Waals surface area contributed by atoms with Crippen LogP contribution >= 0.6 is 11.3 Å². The van der Waals surface area contributed by atoms with Crippen molar-refractivity contribution in [2.45, 2.75) is 0 Å². The summed E-state index contributed by atoms with van der Waals surface area (Å²) in [5.74, 6) is 0. The summed E-state index contributed by atoms with van der Waals surface area (Å²) in [6.07, 6.45) is 0. The van der Waals surface area contributed by atoms with E-state index in [1.807, 2.05) is 6.07 Å². The Morgan fingerprint density at radius 1 is 0.365 bits per heavy atom. The first-order valence-electron chi connectivity index (χ1n) is 21.3. The Kier molecular flexibility index (Phi) is 9.02. The van der Waals surface area contributed by atoms with Crippen LogP contribution in [0, 0.1) is 0 Å². The summed E-state index contributed by atoms with van der Waals surface area (Å²) in [6.45, 7) is 0. The van der Waals surface area contributed by atoms with Crippen molar-refractivity contribution in [1.29, 1.82) is 0 Å². The maximum absolute atomic E-state index is 6.53. The molecule has 2 aromatic heterocycles. The number of anilines is 3. The number of hydrogen-bond donors (Lipinski definition) is 0. The highest BCUT2D eigenvalue weighted by atomic mass is 32.1. The highest BCUT2D eigenvalue weighted by molar-refractivity contribution is 7.21. The molecule has 0 atom stereocenters. The number of furan rings is 1. The molecule has 0 N–H and O–H groups in total. The molecule has 0 unspecified atom stereocenters. The van der Waals surface area contributed by atoms with Crippen molar-refractivity contribution in [1.82, 2.24) is 4.98 Å². The van der Waals surface area contributed by atoms with Gasteiger partial charge in [-0.05, 0) is 104 Å². The number of hydrogen-bond acceptors (Lipinski definition) is 4. The van der Waals surface area contributed by atoms with Crippen molar-refractivity contribution in [3.63, 3.8) is 0 Å². The molecule has 296 valence electrons. The van der Waals surface area contributed by atoms with Gasteiger partial charge in [-0.2, -0.15) is 0 Å². The predicted octanol–water partition coefficient (Wildman–Crippen LogP) is 17.2. The van der Waals surface area contributed by atoms with E-state index in [-0.39, 0.29) is 0 Å². The molecule has 3 nitrogen and oxygen atoms in total. The molecular weight excluding hydrogens is 785 g/mol. The minimum atomic E-state index is 0.845. The van der Waals surface area contributed by atoms with E-state index in [2.05, 4.69) is 229 Å². The second-order valence-corrected chi connectivity index (χ2v) is 16.9. The van der Waals surface area contributed by atoms with E-state index in [9.17, 15) is 0 Å². The van der Waals surface area contributed by atoms with E-state index < -0.39 is 0 Å². The van der Waals surface area contributed by atoms with Gasteiger partial charge >= 0.3 is 0 Å². The summed E-state index contributed by atoms with van der Waals surface area (Å²) >= 11 is 1.72. The normalized spacial score (nSPS) is 11.5. The molecule has 0 spiro atoms. The van der Waals surface area contributed by atoms with Crippen molar-refractivity contribution in [2.75, 3.05) is 4.90 Å². The Morgan fingerprint density at radius 2 is 0.984 bits per heavy atom.